The Morgan fingerprint density at radius 3 is 2.77 bits per heavy atom. The normalized spacial score (nSPS) is 14.7. The summed E-state index contributed by atoms with van der Waals surface area (Å²) in [6.45, 7) is 4.77. The summed E-state index contributed by atoms with van der Waals surface area (Å²) in [4.78, 5) is 24.0. The van der Waals surface area contributed by atoms with Gasteiger partial charge in [0.2, 0.25) is 0 Å². The Morgan fingerprint density at radius 1 is 1.27 bits per heavy atom. The molecule has 8 nitrogen and oxygen atoms in total. The van der Waals surface area contributed by atoms with Crippen molar-refractivity contribution in [3.63, 3.8) is 0 Å². The number of rotatable bonds is 6. The molecule has 3 rings (SSSR count). The van der Waals surface area contributed by atoms with E-state index in [0.29, 0.717) is 24.2 Å². The van der Waals surface area contributed by atoms with Crippen LogP contribution in [0.2, 0.25) is 0 Å². The molecule has 0 atom stereocenters. The number of hydrogen-bond donors (Lipinski definition) is 3. The number of amides is 3. The van der Waals surface area contributed by atoms with Gasteiger partial charge in [0.05, 0.1) is 12.1 Å². The average Bonchev–Trinajstić information content (AvgIpc) is 3.23. The van der Waals surface area contributed by atoms with Crippen LogP contribution in [0.5, 0.6) is 0 Å². The van der Waals surface area contributed by atoms with Crippen molar-refractivity contribution >= 4 is 23.0 Å². The van der Waals surface area contributed by atoms with E-state index in [4.69, 9.17) is 0 Å². The summed E-state index contributed by atoms with van der Waals surface area (Å²) in [7, 11) is 0. The Labute approximate surface area is 152 Å². The van der Waals surface area contributed by atoms with Crippen molar-refractivity contribution in [2.24, 2.45) is 0 Å². The minimum atomic E-state index is -0.199. The van der Waals surface area contributed by atoms with E-state index >= 15 is 0 Å². The van der Waals surface area contributed by atoms with Crippen LogP contribution in [0, 0.1) is 0 Å². The van der Waals surface area contributed by atoms with Crippen molar-refractivity contribution in [2.75, 3.05) is 6.54 Å². The molecule has 26 heavy (non-hydrogen) atoms. The van der Waals surface area contributed by atoms with Gasteiger partial charge in [-0.15, -0.1) is 5.10 Å². The third kappa shape index (κ3) is 4.50. The van der Waals surface area contributed by atoms with Crippen LogP contribution in [-0.4, -0.2) is 45.6 Å². The Kier molecular flexibility index (Phi) is 5.70. The van der Waals surface area contributed by atoms with E-state index in [-0.39, 0.29) is 24.0 Å². The van der Waals surface area contributed by atoms with Crippen molar-refractivity contribution < 1.29 is 9.59 Å². The highest BCUT2D eigenvalue weighted by atomic mass is 16.2. The number of aromatic nitrogens is 3. The molecule has 1 aliphatic rings. The minimum Gasteiger partial charge on any atom is -0.349 e. The van der Waals surface area contributed by atoms with E-state index in [1.807, 2.05) is 19.9 Å². The Bertz CT molecular complexity index is 779. The molecule has 0 saturated heterocycles. The fourth-order valence-electron chi connectivity index (χ4n) is 3.21. The van der Waals surface area contributed by atoms with Crippen LogP contribution in [0.1, 0.15) is 49.9 Å². The average molecular weight is 358 g/mol. The Balaban J connectivity index is 1.59. The molecule has 140 valence electrons. The van der Waals surface area contributed by atoms with Gasteiger partial charge in [0.15, 0.2) is 0 Å². The van der Waals surface area contributed by atoms with E-state index in [1.54, 1.807) is 16.8 Å². The van der Waals surface area contributed by atoms with E-state index in [2.05, 4.69) is 26.3 Å². The van der Waals surface area contributed by atoms with Crippen LogP contribution in [0.15, 0.2) is 18.2 Å². The number of nitrogens with zero attached hydrogens (tertiary/aromatic N) is 3. The second-order valence-corrected chi connectivity index (χ2v) is 7.03. The lowest BCUT2D eigenvalue weighted by molar-refractivity contribution is 0.0938. The van der Waals surface area contributed by atoms with Gasteiger partial charge in [-0.1, -0.05) is 18.1 Å². The van der Waals surface area contributed by atoms with Crippen LogP contribution >= 0.6 is 0 Å². The van der Waals surface area contributed by atoms with Crippen molar-refractivity contribution in [3.05, 3.63) is 23.8 Å². The summed E-state index contributed by atoms with van der Waals surface area (Å²) >= 11 is 0. The highest BCUT2D eigenvalue weighted by Gasteiger charge is 2.18. The second kappa shape index (κ2) is 8.16. The summed E-state index contributed by atoms with van der Waals surface area (Å²) in [6, 6.07) is 5.60. The van der Waals surface area contributed by atoms with Crippen LogP contribution < -0.4 is 16.0 Å². The van der Waals surface area contributed by atoms with Gasteiger partial charge in [-0.25, -0.2) is 9.48 Å². The van der Waals surface area contributed by atoms with Crippen LogP contribution in [0.3, 0.4) is 0 Å². The summed E-state index contributed by atoms with van der Waals surface area (Å²) in [6.07, 6.45) is 4.48. The van der Waals surface area contributed by atoms with E-state index in [9.17, 15) is 9.59 Å². The fourth-order valence-corrected chi connectivity index (χ4v) is 3.21. The summed E-state index contributed by atoms with van der Waals surface area (Å²) in [5.74, 6) is -0.0552. The molecular weight excluding hydrogens is 332 g/mol. The predicted molar refractivity (Wildman–Crippen MR) is 98.9 cm³/mol. The van der Waals surface area contributed by atoms with Crippen LogP contribution in [-0.2, 0) is 6.54 Å². The zero-order valence-corrected chi connectivity index (χ0v) is 15.3. The first-order valence-electron chi connectivity index (χ1n) is 9.21. The van der Waals surface area contributed by atoms with E-state index in [0.717, 1.165) is 18.4 Å². The molecule has 1 heterocycles. The maximum atomic E-state index is 12.4. The highest BCUT2D eigenvalue weighted by Crippen LogP contribution is 2.19. The maximum Gasteiger partial charge on any atom is 0.315 e. The number of nitrogens with one attached hydrogen (secondary N) is 3. The molecular formula is C18H26N6O2. The highest BCUT2D eigenvalue weighted by molar-refractivity contribution is 5.97. The third-order valence-corrected chi connectivity index (χ3v) is 4.50. The molecule has 0 radical (unpaired) electrons. The first kappa shape index (κ1) is 18.2. The minimum absolute atomic E-state index is 0.0552. The topological polar surface area (TPSA) is 101 Å². The quantitative estimate of drug-likeness (QED) is 0.733. The monoisotopic (exact) mass is 358 g/mol. The predicted octanol–water partition coefficient (Wildman–Crippen LogP) is 1.81. The van der Waals surface area contributed by atoms with Crippen LogP contribution in [0.4, 0.5) is 4.79 Å². The number of hydrogen-bond acceptors (Lipinski definition) is 4. The standard InChI is InChI=1S/C18H26N6O2/c1-12(2)20-18(26)19-9-10-24-16-8-7-13(11-15(16)22-23-24)17(25)21-14-5-3-4-6-14/h7-8,11-12,14H,3-6,9-10H2,1-2H3,(H,21,25)(H2,19,20,26). The van der Waals surface area contributed by atoms with E-state index < -0.39 is 0 Å². The maximum absolute atomic E-state index is 12.4. The number of carbonyl (C=O) groups is 2. The van der Waals surface area contributed by atoms with E-state index in [1.165, 1.54) is 12.8 Å². The molecule has 8 heteroatoms. The summed E-state index contributed by atoms with van der Waals surface area (Å²) in [5.41, 5.74) is 2.12. The lowest BCUT2D eigenvalue weighted by atomic mass is 10.1. The van der Waals surface area contributed by atoms with Gasteiger partial charge in [0.1, 0.15) is 5.52 Å². The fraction of sp³-hybridized carbons (Fsp3) is 0.556. The smallest absolute Gasteiger partial charge is 0.315 e. The zero-order chi connectivity index (χ0) is 18.5. The first-order chi connectivity index (χ1) is 12.5. The van der Waals surface area contributed by atoms with Crippen molar-refractivity contribution in [2.45, 2.75) is 58.2 Å². The third-order valence-electron chi connectivity index (χ3n) is 4.50. The van der Waals surface area contributed by atoms with Gasteiger partial charge in [-0.3, -0.25) is 4.79 Å². The van der Waals surface area contributed by atoms with Crippen molar-refractivity contribution in [1.29, 1.82) is 0 Å². The zero-order valence-electron chi connectivity index (χ0n) is 15.3. The van der Waals surface area contributed by atoms with Crippen LogP contribution in [0.25, 0.3) is 11.0 Å². The molecule has 1 aromatic heterocycles. The largest absolute Gasteiger partial charge is 0.349 e. The molecule has 3 N–H and O–H groups in total. The summed E-state index contributed by atoms with van der Waals surface area (Å²) in [5, 5.41) is 16.9. The molecule has 0 aliphatic heterocycles. The molecule has 1 aliphatic carbocycles. The molecule has 1 saturated carbocycles. The Morgan fingerprint density at radius 2 is 2.04 bits per heavy atom. The number of fused-ring (bicyclic) bond motifs is 1. The van der Waals surface area contributed by atoms with Crippen molar-refractivity contribution in [1.82, 2.24) is 30.9 Å². The number of benzene rings is 1. The molecule has 2 aromatic rings. The van der Waals surface area contributed by atoms with Gasteiger partial charge >= 0.3 is 6.03 Å². The molecule has 0 bridgehead atoms. The van der Waals surface area contributed by atoms with Gasteiger partial charge in [-0.05, 0) is 44.9 Å². The van der Waals surface area contributed by atoms with Gasteiger partial charge < -0.3 is 16.0 Å². The molecule has 1 fully saturated rings. The Hall–Kier alpha value is -2.64. The second-order valence-electron chi connectivity index (χ2n) is 7.03. The molecule has 1 aromatic carbocycles. The first-order valence-corrected chi connectivity index (χ1v) is 9.21. The number of carbonyl (C=O) groups excluding carboxylic acids is 2. The lowest BCUT2D eigenvalue weighted by Crippen LogP contribution is -2.40. The van der Waals surface area contributed by atoms with Crippen molar-refractivity contribution in [3.8, 4) is 0 Å². The van der Waals surface area contributed by atoms with Gasteiger partial charge in [0.25, 0.3) is 5.91 Å². The number of urea groups is 1. The lowest BCUT2D eigenvalue weighted by Gasteiger charge is -2.12. The van der Waals surface area contributed by atoms with Gasteiger partial charge in [-0.2, -0.15) is 0 Å². The molecule has 0 spiro atoms. The summed E-state index contributed by atoms with van der Waals surface area (Å²) < 4.78 is 1.73. The molecule has 3 amide bonds. The molecule has 0 unspecified atom stereocenters. The van der Waals surface area contributed by atoms with Gasteiger partial charge in [0, 0.05) is 24.2 Å². The SMILES string of the molecule is CC(C)NC(=O)NCCn1nnc2cc(C(=O)NC3CCCC3)ccc21.